The minimum absolute atomic E-state index is 0.0299. The number of aliphatic hydroxyl groups is 1. The third kappa shape index (κ3) is 40.9. The van der Waals surface area contributed by atoms with E-state index in [1.807, 2.05) is 0 Å². The molecule has 692 valence electrons. The molecule has 3 rings (SSSR count). The van der Waals surface area contributed by atoms with Gasteiger partial charge in [-0.25, -0.2) is 4.79 Å². The molecule has 0 radical (unpaired) electrons. The van der Waals surface area contributed by atoms with E-state index >= 15 is 0 Å². The lowest BCUT2D eigenvalue weighted by atomic mass is 9.95. The van der Waals surface area contributed by atoms with E-state index < -0.39 is 248 Å². The number of unbranched alkanes of at least 4 members (excludes halogenated alkanes) is 2. The number of rotatable bonds is 61. The van der Waals surface area contributed by atoms with Crippen molar-refractivity contribution in [3.63, 3.8) is 0 Å². The van der Waals surface area contributed by atoms with Crippen molar-refractivity contribution in [1.82, 2.24) is 74.4 Å². The second-order valence-corrected chi connectivity index (χ2v) is 32.6. The largest absolute Gasteiger partial charge is 0.481 e. The van der Waals surface area contributed by atoms with Gasteiger partial charge in [-0.15, -0.1) is 0 Å². The van der Waals surface area contributed by atoms with Crippen molar-refractivity contribution in [3.8, 4) is 0 Å². The van der Waals surface area contributed by atoms with Gasteiger partial charge in [-0.3, -0.25) is 81.5 Å². The van der Waals surface area contributed by atoms with Crippen LogP contribution in [0.3, 0.4) is 0 Å². The van der Waals surface area contributed by atoms with Gasteiger partial charge in [0.15, 0.2) is 0 Å². The molecule has 0 aliphatic carbocycles. The average Bonchev–Trinajstić information content (AvgIpc) is 0.854. The lowest BCUT2D eigenvalue weighted by molar-refractivity contribution is -0.142. The predicted molar refractivity (Wildman–Crippen MR) is 467 cm³/mol. The zero-order chi connectivity index (χ0) is 93.4. The maximum absolute atomic E-state index is 14.7. The molecule has 0 unspecified atom stereocenters. The van der Waals surface area contributed by atoms with Gasteiger partial charge in [-0.05, 0) is 144 Å². The summed E-state index contributed by atoms with van der Waals surface area (Å²) in [5, 5.41) is 65.8. The van der Waals surface area contributed by atoms with Crippen LogP contribution in [0.25, 0.3) is 0 Å². The monoisotopic (exact) mass is 1790 g/mol. The Bertz CT molecular complexity index is 4050. The molecule has 3 aromatic carbocycles. The minimum atomic E-state index is -1.72. The number of primary amides is 2. The molecule has 0 saturated carbocycles. The van der Waals surface area contributed by atoms with Gasteiger partial charge >= 0.3 is 11.9 Å². The first-order valence-corrected chi connectivity index (χ1v) is 44.2. The molecule has 3 aromatic rings. The van der Waals surface area contributed by atoms with E-state index in [0.29, 0.717) is 42.5 Å². The van der Waals surface area contributed by atoms with Crippen molar-refractivity contribution < 1.29 is 102 Å². The molecule has 40 nitrogen and oxygen atoms in total. The number of nitrogens with one attached hydrogen (secondary N) is 14. The number of carbonyl (C=O) groups excluding carboxylic acids is 16. The van der Waals surface area contributed by atoms with Crippen molar-refractivity contribution in [2.24, 2.45) is 40.5 Å². The van der Waals surface area contributed by atoms with Gasteiger partial charge in [0.1, 0.15) is 78.5 Å². The summed E-state index contributed by atoms with van der Waals surface area (Å²) in [6.07, 6.45) is 0.185. The van der Waals surface area contributed by atoms with Gasteiger partial charge < -0.3 is 118 Å². The quantitative estimate of drug-likeness (QED) is 0.0243. The Morgan fingerprint density at radius 1 is 0.376 bits per heavy atom. The van der Waals surface area contributed by atoms with Crippen molar-refractivity contribution in [1.29, 1.82) is 0 Å². The molecule has 16 atom stereocenters. The van der Waals surface area contributed by atoms with Crippen molar-refractivity contribution in [3.05, 3.63) is 108 Å². The first kappa shape index (κ1) is 108. The predicted octanol–water partition coefficient (Wildman–Crippen LogP) is -3.58. The first-order valence-electron chi connectivity index (χ1n) is 41.4. The Hall–Kier alpha value is -11.3. The molecule has 27 N–H and O–H groups in total. The second-order valence-electron chi connectivity index (χ2n) is 30.6. The van der Waals surface area contributed by atoms with E-state index in [9.17, 15) is 102 Å². The SMILES string of the molecule is CC[C@H](C)[C@H](NC(=O)[C@H](CCSC)NC(=O)[C@H](CCC(=O)O)NC(=O)[C@H](C)NC(=O)[C@H](Cc1ccccc1)NC(=O)[C@H](CCC(N)=O)NC(=O)[C@H](Cc1ccccc1)NC(=O)[C@H](Cc1ccccc1)NC(=O)[C@@H](N)CC(N)=O)C(=O)N[C@H](C(=O)N[C@@H](CCCCN)C(=O)N[C@@H](CCSC)C(=O)N[C@H](C(=O)NCC(=O)N[C@@H](CCCCN)C(=O)O)[C@@H](C)O)C(C)C. The van der Waals surface area contributed by atoms with Crippen LogP contribution in [0.2, 0.25) is 0 Å². The fourth-order valence-electron chi connectivity index (χ4n) is 12.6. The Morgan fingerprint density at radius 3 is 1.12 bits per heavy atom. The molecule has 0 aliphatic heterocycles. The lowest BCUT2D eigenvalue weighted by Gasteiger charge is -2.31. The molecule has 0 heterocycles. The summed E-state index contributed by atoms with van der Waals surface area (Å²) >= 11 is 2.58. The summed E-state index contributed by atoms with van der Waals surface area (Å²) in [4.78, 5) is 247. The average molecular weight is 1790 g/mol. The molecule has 0 aliphatic rings. The molecule has 125 heavy (non-hydrogen) atoms. The summed E-state index contributed by atoms with van der Waals surface area (Å²) in [7, 11) is 0. The highest BCUT2D eigenvalue weighted by molar-refractivity contribution is 7.98. The Morgan fingerprint density at radius 2 is 0.728 bits per heavy atom. The summed E-state index contributed by atoms with van der Waals surface area (Å²) in [5.41, 5.74) is 29.7. The van der Waals surface area contributed by atoms with Crippen LogP contribution in [-0.4, -0.2) is 256 Å². The number of hydrogen-bond acceptors (Lipinski definition) is 24. The number of carbonyl (C=O) groups is 18. The van der Waals surface area contributed by atoms with Crippen LogP contribution < -0.4 is 103 Å². The Kier molecular flexibility index (Phi) is 50.0. The molecule has 16 amide bonds. The van der Waals surface area contributed by atoms with E-state index in [0.717, 1.165) is 0 Å². The van der Waals surface area contributed by atoms with Gasteiger partial charge in [0.05, 0.1) is 25.1 Å². The van der Waals surface area contributed by atoms with Crippen LogP contribution in [0.5, 0.6) is 0 Å². The number of aliphatic carboxylic acids is 2. The highest BCUT2D eigenvalue weighted by Gasteiger charge is 2.40. The normalized spacial score (nSPS) is 15.0. The van der Waals surface area contributed by atoms with Crippen LogP contribution in [-0.2, 0) is 106 Å². The number of amides is 16. The number of benzene rings is 3. The summed E-state index contributed by atoms with van der Waals surface area (Å²) < 4.78 is 0. The maximum Gasteiger partial charge on any atom is 0.326 e. The number of thioether (sulfide) groups is 2. The maximum atomic E-state index is 14.7. The van der Waals surface area contributed by atoms with Crippen LogP contribution in [0.1, 0.15) is 148 Å². The van der Waals surface area contributed by atoms with Crippen molar-refractivity contribution >= 4 is 130 Å². The van der Waals surface area contributed by atoms with Crippen LogP contribution in [0.15, 0.2) is 91.0 Å². The molecule has 42 heteroatoms. The van der Waals surface area contributed by atoms with Gasteiger partial charge in [-0.2, -0.15) is 23.5 Å². The number of carboxylic acids is 2. The van der Waals surface area contributed by atoms with E-state index in [1.165, 1.54) is 37.4 Å². The first-order chi connectivity index (χ1) is 59.3. The standard InChI is InChI=1S/C83H127N19O21S2/c1-9-47(4)68(82(121)100-67(46(2)3)81(120)96-54(29-19-21-37-84)72(111)94-58(36-40-125-8)76(115)102-69(49(6)103)80(119)89-45-65(106)91-59(83(122)123)30-20-22-38-85)101-75(114)57(35-39-124-7)95-73(112)56(32-34-66(107)108)92-70(109)48(5)90-77(116)60(41-50-23-13-10-14-24-50)98-74(113)55(31-33-63(87)104)93-78(117)62(43-52-27-17-12-18-28-52)99-79(118)61(42-51-25-15-11-16-26-51)97-71(110)53(86)44-64(88)105/h10-18,23-28,46-49,53-62,67-69,103H,9,19-22,29-45,84-86H2,1-8H3,(H2,87,104)(H2,88,105)(H,89,119)(H,90,116)(H,91,106)(H,92,109)(H,93,117)(H,94,111)(H,95,112)(H,96,120)(H,97,110)(H,98,113)(H,99,118)(H,100,121)(H,101,114)(H,102,115)(H,107,108)(H,122,123)/t47-,48-,49+,53-,54-,55-,56-,57-,58-,59-,60-,61-,62-,67-,68-,69-/m0/s1. The molecule has 0 saturated heterocycles. The third-order valence-electron chi connectivity index (χ3n) is 20.0. The Labute approximate surface area is 735 Å². The van der Waals surface area contributed by atoms with Crippen LogP contribution >= 0.6 is 23.5 Å². The van der Waals surface area contributed by atoms with Crippen LogP contribution in [0, 0.1) is 11.8 Å². The van der Waals surface area contributed by atoms with Crippen molar-refractivity contribution in [2.45, 2.75) is 241 Å². The summed E-state index contributed by atoms with van der Waals surface area (Å²) in [5.74, 6) is -18.7. The lowest BCUT2D eigenvalue weighted by Crippen LogP contribution is -2.62. The van der Waals surface area contributed by atoms with Gasteiger partial charge in [0.25, 0.3) is 0 Å². The molecule has 0 fully saturated rings. The number of aliphatic hydroxyl groups excluding tert-OH is 1. The van der Waals surface area contributed by atoms with Gasteiger partial charge in [-0.1, -0.05) is 125 Å². The molecule has 0 aromatic heterocycles. The van der Waals surface area contributed by atoms with E-state index in [4.69, 9.17) is 28.7 Å². The van der Waals surface area contributed by atoms with Crippen molar-refractivity contribution in [2.75, 3.05) is 43.7 Å². The molecular weight excluding hydrogens is 1660 g/mol. The van der Waals surface area contributed by atoms with E-state index in [2.05, 4.69) is 74.4 Å². The molecule has 0 bridgehead atoms. The van der Waals surface area contributed by atoms with E-state index in [1.54, 1.807) is 131 Å². The molecular formula is C83H127N19O21S2. The summed E-state index contributed by atoms with van der Waals surface area (Å²) in [6, 6.07) is 4.03. The fourth-order valence-corrected chi connectivity index (χ4v) is 13.5. The van der Waals surface area contributed by atoms with Crippen LogP contribution in [0.4, 0.5) is 0 Å². The number of nitrogens with two attached hydrogens (primary N) is 5. The highest BCUT2D eigenvalue weighted by atomic mass is 32.2. The zero-order valence-corrected chi connectivity index (χ0v) is 73.6. The summed E-state index contributed by atoms with van der Waals surface area (Å²) in [6.45, 7) is 8.71. The highest BCUT2D eigenvalue weighted by Crippen LogP contribution is 2.17. The fraction of sp³-hybridized carbons (Fsp3) is 0.566. The van der Waals surface area contributed by atoms with Gasteiger partial charge in [0.2, 0.25) is 94.5 Å². The minimum Gasteiger partial charge on any atom is -0.481 e. The number of hydrogen-bond donors (Lipinski definition) is 22. The third-order valence-corrected chi connectivity index (χ3v) is 21.3. The van der Waals surface area contributed by atoms with Gasteiger partial charge in [0, 0.05) is 32.1 Å². The zero-order valence-electron chi connectivity index (χ0n) is 71.9. The Balaban J connectivity index is 1.92. The van der Waals surface area contributed by atoms with E-state index in [-0.39, 0.29) is 75.8 Å². The number of carboxylic acid groups (broad SMARTS) is 2. The topological polar surface area (TPSA) is 666 Å². The second kappa shape index (κ2) is 58.0. The smallest absolute Gasteiger partial charge is 0.326 e. The molecule has 0 spiro atoms.